The van der Waals surface area contributed by atoms with Gasteiger partial charge in [-0.05, 0) is 83.1 Å². The number of epoxide rings is 1. The zero-order chi connectivity index (χ0) is 26.5. The van der Waals surface area contributed by atoms with E-state index < -0.39 is 28.5 Å². The Morgan fingerprint density at radius 1 is 1.08 bits per heavy atom. The number of rotatable bonds is 1. The van der Waals surface area contributed by atoms with Crippen LogP contribution in [0.5, 0.6) is 0 Å². The first-order chi connectivity index (χ1) is 18.0. The van der Waals surface area contributed by atoms with E-state index in [1.165, 1.54) is 22.2 Å². The number of benzene rings is 1. The smallest absolute Gasteiger partial charge is 0.183 e. The summed E-state index contributed by atoms with van der Waals surface area (Å²) in [7, 11) is 0. The Balaban J connectivity index is 1.25. The van der Waals surface area contributed by atoms with Crippen LogP contribution in [0.25, 0.3) is 10.9 Å². The van der Waals surface area contributed by atoms with E-state index in [1.54, 1.807) is 0 Å². The van der Waals surface area contributed by atoms with E-state index >= 15 is 0 Å². The summed E-state index contributed by atoms with van der Waals surface area (Å²) in [5, 5.41) is 14.4. The Labute approximate surface area is 224 Å². The fourth-order valence-corrected chi connectivity index (χ4v) is 9.41. The van der Waals surface area contributed by atoms with Crippen LogP contribution in [0.2, 0.25) is 0 Å². The molecule has 3 saturated heterocycles. The fourth-order valence-electron chi connectivity index (χ4n) is 9.41. The molecular weight excluding hydrogens is 478 g/mol. The molecule has 0 radical (unpaired) electrons. The van der Waals surface area contributed by atoms with Crippen molar-refractivity contribution < 1.29 is 24.1 Å². The lowest BCUT2D eigenvalue weighted by Crippen LogP contribution is -2.73. The predicted octanol–water partition coefficient (Wildman–Crippen LogP) is 5.44. The van der Waals surface area contributed by atoms with Gasteiger partial charge in [0.15, 0.2) is 18.0 Å². The molecule has 6 aliphatic rings. The van der Waals surface area contributed by atoms with Gasteiger partial charge in [-0.2, -0.15) is 0 Å². The van der Waals surface area contributed by atoms with E-state index in [2.05, 4.69) is 63.0 Å². The van der Waals surface area contributed by atoms with Crippen molar-refractivity contribution in [2.75, 3.05) is 0 Å². The molecule has 8 rings (SSSR count). The summed E-state index contributed by atoms with van der Waals surface area (Å²) >= 11 is 0. The van der Waals surface area contributed by atoms with Crippen LogP contribution in [0.3, 0.4) is 0 Å². The zero-order valence-corrected chi connectivity index (χ0v) is 23.3. The number of aromatic amines is 1. The number of aliphatic hydroxyl groups is 1. The molecule has 6 heteroatoms. The second-order valence-corrected chi connectivity index (χ2v) is 13.9. The minimum absolute atomic E-state index is 0.223. The first-order valence-corrected chi connectivity index (χ1v) is 14.3. The highest BCUT2D eigenvalue weighted by Crippen LogP contribution is 2.75. The fraction of sp³-hybridized carbons (Fsp3) is 0.625. The van der Waals surface area contributed by atoms with Gasteiger partial charge >= 0.3 is 0 Å². The number of hydrogen-bond acceptors (Lipinski definition) is 5. The van der Waals surface area contributed by atoms with Crippen LogP contribution >= 0.6 is 0 Å². The van der Waals surface area contributed by atoms with Crippen molar-refractivity contribution in [3.63, 3.8) is 0 Å². The number of allylic oxidation sites excluding steroid dienone is 2. The summed E-state index contributed by atoms with van der Waals surface area (Å²) in [5.74, 6) is 1.25. The molecule has 0 bridgehead atoms. The van der Waals surface area contributed by atoms with Crippen LogP contribution in [0, 0.1) is 11.3 Å². The standard InChI is InChI=1S/C32H39NO5/c1-17(2)15-23-36-24-26(28(3,4)37-23)35-22-12-13-29(5)30(6)18(11-14-31(29,34)32(22)27(24)38-32)16-20-19-9-7-8-10-21(19)33-25(20)30/h7-10,12,15,18,23-24,26-27,33-34H,11,13-14,16H2,1-6H3/t18-,23?,24+,26-,27+,29+,30+,31-,32-/m0/s1. The third-order valence-electron chi connectivity index (χ3n) is 11.6. The van der Waals surface area contributed by atoms with Crippen LogP contribution in [0.1, 0.15) is 72.1 Å². The highest BCUT2D eigenvalue weighted by molar-refractivity contribution is 5.86. The number of ether oxygens (including phenoxy) is 4. The zero-order valence-electron chi connectivity index (χ0n) is 23.3. The lowest BCUT2D eigenvalue weighted by molar-refractivity contribution is -0.314. The van der Waals surface area contributed by atoms with E-state index in [-0.39, 0.29) is 23.7 Å². The van der Waals surface area contributed by atoms with Gasteiger partial charge in [-0.25, -0.2) is 0 Å². The van der Waals surface area contributed by atoms with Gasteiger partial charge in [0.1, 0.15) is 29.2 Å². The first-order valence-electron chi connectivity index (χ1n) is 14.3. The Hall–Kier alpha value is -2.12. The normalized spacial score (nSPS) is 47.3. The summed E-state index contributed by atoms with van der Waals surface area (Å²) < 4.78 is 26.3. The molecule has 2 N–H and O–H groups in total. The maximum absolute atomic E-state index is 13.0. The van der Waals surface area contributed by atoms with Gasteiger partial charge in [-0.15, -0.1) is 0 Å². The van der Waals surface area contributed by atoms with Gasteiger partial charge in [-0.1, -0.05) is 37.6 Å². The summed E-state index contributed by atoms with van der Waals surface area (Å²) in [6.45, 7) is 12.9. The van der Waals surface area contributed by atoms with Gasteiger partial charge in [0.05, 0.1) is 0 Å². The number of nitrogens with one attached hydrogen (secondary N) is 1. The third-order valence-corrected chi connectivity index (χ3v) is 11.6. The lowest BCUT2D eigenvalue weighted by atomic mass is 9.42. The van der Waals surface area contributed by atoms with E-state index in [0.29, 0.717) is 12.3 Å². The molecule has 3 aliphatic carbocycles. The van der Waals surface area contributed by atoms with Crippen LogP contribution < -0.4 is 0 Å². The molecule has 202 valence electrons. The van der Waals surface area contributed by atoms with Gasteiger partial charge < -0.3 is 29.0 Å². The Morgan fingerprint density at radius 3 is 2.66 bits per heavy atom. The Kier molecular flexibility index (Phi) is 4.34. The van der Waals surface area contributed by atoms with Crippen molar-refractivity contribution in [1.82, 2.24) is 4.98 Å². The van der Waals surface area contributed by atoms with Crippen molar-refractivity contribution in [3.05, 3.63) is 59.0 Å². The maximum atomic E-state index is 13.0. The molecule has 1 saturated carbocycles. The average Bonchev–Trinajstić information content (AvgIpc) is 3.43. The first kappa shape index (κ1) is 23.7. The maximum Gasteiger partial charge on any atom is 0.183 e. The predicted molar refractivity (Wildman–Crippen MR) is 144 cm³/mol. The third kappa shape index (κ3) is 2.47. The molecule has 1 aromatic heterocycles. The number of aromatic nitrogens is 1. The minimum Gasteiger partial charge on any atom is -0.486 e. The minimum atomic E-state index is -1.08. The lowest BCUT2D eigenvalue weighted by Gasteiger charge is -2.64. The van der Waals surface area contributed by atoms with Crippen molar-refractivity contribution in [1.29, 1.82) is 0 Å². The van der Waals surface area contributed by atoms with Crippen LogP contribution in [0.4, 0.5) is 0 Å². The van der Waals surface area contributed by atoms with E-state index in [9.17, 15) is 5.11 Å². The molecular formula is C32H39NO5. The number of para-hydroxylation sites is 1. The molecule has 1 spiro atoms. The Bertz CT molecular complexity index is 1430. The van der Waals surface area contributed by atoms with Gasteiger partial charge in [0.25, 0.3) is 0 Å². The number of hydrogen-bond donors (Lipinski definition) is 2. The second-order valence-electron chi connectivity index (χ2n) is 13.9. The van der Waals surface area contributed by atoms with Crippen molar-refractivity contribution >= 4 is 10.9 Å². The molecule has 3 aliphatic heterocycles. The average molecular weight is 518 g/mol. The molecule has 38 heavy (non-hydrogen) atoms. The summed E-state index contributed by atoms with van der Waals surface area (Å²) in [6.07, 6.45) is 6.31. The molecule has 4 heterocycles. The van der Waals surface area contributed by atoms with Crippen molar-refractivity contribution in [3.8, 4) is 0 Å². The molecule has 9 atom stereocenters. The van der Waals surface area contributed by atoms with Crippen LogP contribution in [-0.2, 0) is 30.8 Å². The highest BCUT2D eigenvalue weighted by atomic mass is 16.8. The van der Waals surface area contributed by atoms with Crippen LogP contribution in [-0.4, -0.2) is 51.5 Å². The topological polar surface area (TPSA) is 76.2 Å². The molecule has 2 aromatic rings. The Morgan fingerprint density at radius 2 is 1.87 bits per heavy atom. The number of fused-ring (bicyclic) bond motifs is 9. The number of H-pyrrole nitrogens is 1. The van der Waals surface area contributed by atoms with Gasteiger partial charge in [0.2, 0.25) is 0 Å². The van der Waals surface area contributed by atoms with Gasteiger partial charge in [0, 0.05) is 27.4 Å². The molecule has 0 amide bonds. The van der Waals surface area contributed by atoms with E-state index in [0.717, 1.165) is 30.6 Å². The van der Waals surface area contributed by atoms with E-state index in [1.807, 2.05) is 19.9 Å². The molecule has 1 aromatic carbocycles. The summed E-state index contributed by atoms with van der Waals surface area (Å²) in [5.41, 5.74) is 1.87. The quantitative estimate of drug-likeness (QED) is 0.389. The highest BCUT2D eigenvalue weighted by Gasteiger charge is 2.86. The summed E-state index contributed by atoms with van der Waals surface area (Å²) in [4.78, 5) is 3.82. The van der Waals surface area contributed by atoms with Crippen molar-refractivity contribution in [2.45, 2.75) is 114 Å². The SMILES string of the molecule is CC(C)=CC1O[C@H]2[C@H]3O[C@@]34C(=CC[C@@]3(C)[C@@]4(O)CC[C@H]4Cc5c([nH]c6ccccc56)[C@@]43C)O[C@@H]2C(C)(C)O1. The van der Waals surface area contributed by atoms with Crippen LogP contribution in [0.15, 0.2) is 47.7 Å². The largest absolute Gasteiger partial charge is 0.486 e. The van der Waals surface area contributed by atoms with Crippen molar-refractivity contribution in [2.24, 2.45) is 11.3 Å². The summed E-state index contributed by atoms with van der Waals surface area (Å²) in [6, 6.07) is 8.63. The van der Waals surface area contributed by atoms with E-state index in [4.69, 9.17) is 18.9 Å². The second kappa shape index (κ2) is 6.95. The molecule has 6 nitrogen and oxygen atoms in total. The molecule has 1 unspecified atom stereocenters. The van der Waals surface area contributed by atoms with Gasteiger partial charge in [-0.3, -0.25) is 0 Å². The molecule has 4 fully saturated rings. The monoisotopic (exact) mass is 517 g/mol.